The van der Waals surface area contributed by atoms with Gasteiger partial charge in [0.15, 0.2) is 5.82 Å². The number of rotatable bonds is 3. The van der Waals surface area contributed by atoms with Crippen LogP contribution in [0.25, 0.3) is 0 Å². The van der Waals surface area contributed by atoms with Crippen molar-refractivity contribution in [2.24, 2.45) is 11.8 Å². The Hall–Kier alpha value is -2.00. The van der Waals surface area contributed by atoms with Gasteiger partial charge >= 0.3 is 0 Å². The number of amides is 2. The first-order valence-corrected chi connectivity index (χ1v) is 10.3. The first-order chi connectivity index (χ1) is 13.6. The third kappa shape index (κ3) is 4.20. The van der Waals surface area contributed by atoms with Crippen molar-refractivity contribution in [1.82, 2.24) is 25.3 Å². The Balaban J connectivity index is 1.30. The SMILES string of the molecule is Cc1nc(C2CCN(C(=O)[C@H]3CNC[C@@H](C(=O)N4CCOCC4)C3)CC2)no1. The number of carbonyl (C=O) groups is 2. The van der Waals surface area contributed by atoms with Gasteiger partial charge in [-0.25, -0.2) is 0 Å². The lowest BCUT2D eigenvalue weighted by molar-refractivity contribution is -0.143. The lowest BCUT2D eigenvalue weighted by Crippen LogP contribution is -2.52. The number of nitrogens with zero attached hydrogens (tertiary/aromatic N) is 4. The van der Waals surface area contributed by atoms with Crippen LogP contribution in [0, 0.1) is 18.8 Å². The van der Waals surface area contributed by atoms with Gasteiger partial charge in [0.2, 0.25) is 17.7 Å². The van der Waals surface area contributed by atoms with E-state index >= 15 is 0 Å². The van der Waals surface area contributed by atoms with Gasteiger partial charge < -0.3 is 24.4 Å². The summed E-state index contributed by atoms with van der Waals surface area (Å²) < 4.78 is 10.4. The summed E-state index contributed by atoms with van der Waals surface area (Å²) >= 11 is 0. The van der Waals surface area contributed by atoms with Crippen LogP contribution in [-0.4, -0.2) is 84.2 Å². The van der Waals surface area contributed by atoms with Crippen LogP contribution in [0.15, 0.2) is 4.52 Å². The van der Waals surface area contributed by atoms with E-state index in [9.17, 15) is 9.59 Å². The molecule has 9 nitrogen and oxygen atoms in total. The zero-order valence-corrected chi connectivity index (χ0v) is 16.4. The average molecular weight is 391 g/mol. The third-order valence-corrected chi connectivity index (χ3v) is 6.09. The van der Waals surface area contributed by atoms with Crippen LogP contribution in [0.4, 0.5) is 0 Å². The lowest BCUT2D eigenvalue weighted by Gasteiger charge is -2.37. The van der Waals surface area contributed by atoms with Crippen molar-refractivity contribution >= 4 is 11.8 Å². The molecule has 0 bridgehead atoms. The number of hydrogen-bond acceptors (Lipinski definition) is 7. The van der Waals surface area contributed by atoms with E-state index in [0.29, 0.717) is 64.8 Å². The van der Waals surface area contributed by atoms with Crippen molar-refractivity contribution < 1.29 is 18.8 Å². The quantitative estimate of drug-likeness (QED) is 0.784. The Kier molecular flexibility index (Phi) is 5.91. The van der Waals surface area contributed by atoms with Gasteiger partial charge in [-0.1, -0.05) is 5.16 Å². The molecule has 0 unspecified atom stereocenters. The van der Waals surface area contributed by atoms with Crippen LogP contribution >= 0.6 is 0 Å². The van der Waals surface area contributed by atoms with Gasteiger partial charge in [0.05, 0.1) is 25.0 Å². The minimum Gasteiger partial charge on any atom is -0.378 e. The molecular formula is C19H29N5O4. The normalized spacial score (nSPS) is 27.0. The Morgan fingerprint density at radius 2 is 1.61 bits per heavy atom. The van der Waals surface area contributed by atoms with Gasteiger partial charge in [-0.05, 0) is 19.3 Å². The van der Waals surface area contributed by atoms with E-state index in [1.165, 1.54) is 0 Å². The molecule has 3 saturated heterocycles. The minimum absolute atomic E-state index is 0.124. The summed E-state index contributed by atoms with van der Waals surface area (Å²) in [4.78, 5) is 34.0. The van der Waals surface area contributed by atoms with Crippen LogP contribution in [-0.2, 0) is 14.3 Å². The number of aryl methyl sites for hydroxylation is 1. The van der Waals surface area contributed by atoms with Crippen molar-refractivity contribution in [1.29, 1.82) is 0 Å². The summed E-state index contributed by atoms with van der Waals surface area (Å²) in [6.45, 7) is 7.00. The smallest absolute Gasteiger partial charge is 0.227 e. The molecule has 4 heterocycles. The van der Waals surface area contributed by atoms with E-state index in [1.807, 2.05) is 9.80 Å². The second-order valence-electron chi connectivity index (χ2n) is 8.00. The largest absolute Gasteiger partial charge is 0.378 e. The number of nitrogens with one attached hydrogen (secondary N) is 1. The van der Waals surface area contributed by atoms with E-state index in [2.05, 4.69) is 15.5 Å². The van der Waals surface area contributed by atoms with Gasteiger partial charge in [0.1, 0.15) is 0 Å². The maximum atomic E-state index is 13.0. The molecule has 0 aromatic carbocycles. The molecular weight excluding hydrogens is 362 g/mol. The van der Waals surface area contributed by atoms with Crippen LogP contribution in [0.2, 0.25) is 0 Å². The van der Waals surface area contributed by atoms with Gasteiger partial charge in [0.25, 0.3) is 0 Å². The van der Waals surface area contributed by atoms with E-state index in [-0.39, 0.29) is 29.6 Å². The van der Waals surface area contributed by atoms with E-state index < -0.39 is 0 Å². The van der Waals surface area contributed by atoms with Crippen LogP contribution in [0.1, 0.15) is 36.9 Å². The van der Waals surface area contributed by atoms with Gasteiger partial charge in [0, 0.05) is 52.1 Å². The van der Waals surface area contributed by atoms with E-state index in [4.69, 9.17) is 9.26 Å². The fraction of sp³-hybridized carbons (Fsp3) is 0.789. The number of aromatic nitrogens is 2. The van der Waals surface area contributed by atoms with Crippen LogP contribution in [0.5, 0.6) is 0 Å². The van der Waals surface area contributed by atoms with Crippen molar-refractivity contribution in [3.63, 3.8) is 0 Å². The summed E-state index contributed by atoms with van der Waals surface area (Å²) in [5.41, 5.74) is 0. The highest BCUT2D eigenvalue weighted by molar-refractivity contribution is 5.83. The Morgan fingerprint density at radius 1 is 1.00 bits per heavy atom. The van der Waals surface area contributed by atoms with Crippen molar-refractivity contribution in [2.75, 3.05) is 52.5 Å². The number of hydrogen-bond donors (Lipinski definition) is 1. The minimum atomic E-state index is -0.132. The maximum Gasteiger partial charge on any atom is 0.227 e. The molecule has 0 spiro atoms. The van der Waals surface area contributed by atoms with E-state index in [1.54, 1.807) is 6.92 Å². The molecule has 1 aromatic rings. The summed E-state index contributed by atoms with van der Waals surface area (Å²) in [5, 5.41) is 7.33. The number of piperidine rings is 2. The molecule has 1 N–H and O–H groups in total. The van der Waals surface area contributed by atoms with Crippen LogP contribution in [0.3, 0.4) is 0 Å². The van der Waals surface area contributed by atoms with E-state index in [0.717, 1.165) is 18.7 Å². The zero-order valence-electron chi connectivity index (χ0n) is 16.4. The number of morpholine rings is 1. The third-order valence-electron chi connectivity index (χ3n) is 6.09. The summed E-state index contributed by atoms with van der Waals surface area (Å²) in [6, 6.07) is 0. The molecule has 3 aliphatic rings. The number of carbonyl (C=O) groups excluding carboxylic acids is 2. The Morgan fingerprint density at radius 3 is 2.18 bits per heavy atom. The van der Waals surface area contributed by atoms with Crippen molar-refractivity contribution in [2.45, 2.75) is 32.1 Å². The number of ether oxygens (including phenoxy) is 1. The van der Waals surface area contributed by atoms with Crippen LogP contribution < -0.4 is 5.32 Å². The predicted molar refractivity (Wildman–Crippen MR) is 99.5 cm³/mol. The fourth-order valence-corrected chi connectivity index (χ4v) is 4.46. The molecule has 3 aliphatic heterocycles. The molecule has 9 heteroatoms. The highest BCUT2D eigenvalue weighted by Crippen LogP contribution is 2.28. The highest BCUT2D eigenvalue weighted by atomic mass is 16.5. The molecule has 2 amide bonds. The topological polar surface area (TPSA) is 101 Å². The molecule has 2 atom stereocenters. The Bertz CT molecular complexity index is 694. The lowest BCUT2D eigenvalue weighted by atomic mass is 9.87. The molecule has 154 valence electrons. The molecule has 28 heavy (non-hydrogen) atoms. The average Bonchev–Trinajstić information content (AvgIpc) is 3.20. The van der Waals surface area contributed by atoms with Gasteiger partial charge in [-0.15, -0.1) is 0 Å². The second-order valence-corrected chi connectivity index (χ2v) is 8.00. The van der Waals surface area contributed by atoms with Gasteiger partial charge in [-0.2, -0.15) is 4.98 Å². The molecule has 0 saturated carbocycles. The number of likely N-dealkylation sites (tertiary alicyclic amines) is 1. The first kappa shape index (κ1) is 19.3. The molecule has 0 aliphatic carbocycles. The summed E-state index contributed by atoms with van der Waals surface area (Å²) in [5.74, 6) is 1.64. The Labute approximate surface area is 164 Å². The highest BCUT2D eigenvalue weighted by Gasteiger charge is 2.36. The summed E-state index contributed by atoms with van der Waals surface area (Å²) in [6.07, 6.45) is 2.33. The predicted octanol–water partition coefficient (Wildman–Crippen LogP) is 0.169. The molecule has 3 fully saturated rings. The fourth-order valence-electron chi connectivity index (χ4n) is 4.46. The second kappa shape index (κ2) is 8.57. The standard InChI is InChI=1S/C19H29N5O4/c1-13-21-17(22-28-13)14-2-4-23(5-3-14)18(25)15-10-16(12-20-11-15)19(26)24-6-8-27-9-7-24/h14-16,20H,2-12H2,1H3/t15-,16+/m1/s1. The van der Waals surface area contributed by atoms with Crippen molar-refractivity contribution in [3.8, 4) is 0 Å². The first-order valence-electron chi connectivity index (χ1n) is 10.3. The molecule has 4 rings (SSSR count). The molecule has 0 radical (unpaired) electrons. The van der Waals surface area contributed by atoms with Gasteiger partial charge in [-0.3, -0.25) is 9.59 Å². The monoisotopic (exact) mass is 391 g/mol. The zero-order chi connectivity index (χ0) is 19.5. The maximum absolute atomic E-state index is 13.0. The molecule has 1 aromatic heterocycles. The summed E-state index contributed by atoms with van der Waals surface area (Å²) in [7, 11) is 0. The van der Waals surface area contributed by atoms with Crippen molar-refractivity contribution in [3.05, 3.63) is 11.7 Å².